The number of aromatic nitrogens is 1. The molecule has 3 heterocycles. The molecular formula is C96H92BN3. The number of rotatable bonds is 8. The smallest absolute Gasteiger partial charge is 0.252 e. The van der Waals surface area contributed by atoms with Crippen LogP contribution in [0.4, 0.5) is 34.1 Å². The summed E-state index contributed by atoms with van der Waals surface area (Å²) in [6.07, 6.45) is 4.73. The van der Waals surface area contributed by atoms with Crippen LogP contribution >= 0.6 is 0 Å². The Kier molecular flexibility index (Phi) is 14.5. The zero-order valence-electron chi connectivity index (χ0n) is 61.0. The van der Waals surface area contributed by atoms with Gasteiger partial charge in [-0.2, -0.15) is 0 Å². The lowest BCUT2D eigenvalue weighted by Gasteiger charge is -2.45. The van der Waals surface area contributed by atoms with Crippen molar-refractivity contribution in [1.29, 1.82) is 0 Å². The van der Waals surface area contributed by atoms with Crippen LogP contribution in [0.15, 0.2) is 255 Å². The van der Waals surface area contributed by atoms with Gasteiger partial charge < -0.3 is 14.4 Å². The highest BCUT2D eigenvalue weighted by atomic mass is 15.2. The van der Waals surface area contributed by atoms with Crippen molar-refractivity contribution in [2.75, 3.05) is 9.80 Å². The topological polar surface area (TPSA) is 11.4 Å². The number of anilines is 6. The van der Waals surface area contributed by atoms with Gasteiger partial charge in [0, 0.05) is 50.6 Å². The van der Waals surface area contributed by atoms with Crippen molar-refractivity contribution in [3.05, 3.63) is 288 Å². The average Bonchev–Trinajstić information content (AvgIpc) is 0.745. The van der Waals surface area contributed by atoms with Crippen molar-refractivity contribution in [3.63, 3.8) is 0 Å². The van der Waals surface area contributed by atoms with E-state index in [0.717, 1.165) is 17.1 Å². The highest BCUT2D eigenvalue weighted by molar-refractivity contribution is 7.00. The molecule has 0 fully saturated rings. The van der Waals surface area contributed by atoms with Crippen LogP contribution in [-0.2, 0) is 32.5 Å². The van der Waals surface area contributed by atoms with E-state index < -0.39 is 0 Å². The fourth-order valence-electron chi connectivity index (χ4n) is 17.6. The minimum absolute atomic E-state index is 0.00685. The van der Waals surface area contributed by atoms with Crippen LogP contribution in [0.3, 0.4) is 0 Å². The minimum atomic E-state index is -0.125. The summed E-state index contributed by atoms with van der Waals surface area (Å²) in [7, 11) is 0. The maximum absolute atomic E-state index is 2.63. The summed E-state index contributed by atoms with van der Waals surface area (Å²) in [4.78, 5) is 5.25. The van der Waals surface area contributed by atoms with Crippen molar-refractivity contribution in [2.24, 2.45) is 0 Å². The van der Waals surface area contributed by atoms with E-state index in [2.05, 4.69) is 366 Å². The first kappa shape index (κ1) is 63.5. The summed E-state index contributed by atoms with van der Waals surface area (Å²) >= 11 is 0. The first-order chi connectivity index (χ1) is 47.8. The molecule has 3 nitrogen and oxygen atoms in total. The monoisotopic (exact) mass is 1300 g/mol. The Bertz CT molecular complexity index is 5430. The van der Waals surface area contributed by atoms with Gasteiger partial charge in [-0.1, -0.05) is 279 Å². The fourth-order valence-corrected chi connectivity index (χ4v) is 17.6. The fraction of sp³-hybridized carbons (Fsp3) is 0.250. The Balaban J connectivity index is 0.918. The average molecular weight is 1300 g/mol. The summed E-state index contributed by atoms with van der Waals surface area (Å²) in [6, 6.07) is 99.2. The first-order valence-electron chi connectivity index (χ1n) is 36.7. The Morgan fingerprint density at radius 1 is 0.280 bits per heavy atom. The largest absolute Gasteiger partial charge is 0.311 e. The lowest BCUT2D eigenvalue weighted by molar-refractivity contribution is 0.332. The molecule has 4 heteroatoms. The molecule has 0 atom stereocenters. The van der Waals surface area contributed by atoms with Gasteiger partial charge in [0.05, 0.1) is 11.0 Å². The third-order valence-electron chi connectivity index (χ3n) is 23.9. The molecule has 100 heavy (non-hydrogen) atoms. The van der Waals surface area contributed by atoms with E-state index >= 15 is 0 Å². The zero-order valence-corrected chi connectivity index (χ0v) is 61.0. The summed E-state index contributed by atoms with van der Waals surface area (Å²) < 4.78 is 2.51. The number of fused-ring (bicyclic) bond motifs is 9. The van der Waals surface area contributed by atoms with Gasteiger partial charge in [-0.05, 0) is 236 Å². The van der Waals surface area contributed by atoms with Gasteiger partial charge >= 0.3 is 0 Å². The van der Waals surface area contributed by atoms with Gasteiger partial charge in [0.25, 0.3) is 6.71 Å². The number of benzene rings is 12. The molecule has 13 aromatic rings. The van der Waals surface area contributed by atoms with E-state index in [0.29, 0.717) is 0 Å². The van der Waals surface area contributed by atoms with Crippen LogP contribution in [0.25, 0.3) is 83.1 Å². The van der Waals surface area contributed by atoms with Crippen LogP contribution in [0.2, 0.25) is 0 Å². The number of nitrogens with zero attached hydrogens (tertiary/aromatic N) is 3. The van der Waals surface area contributed by atoms with Crippen molar-refractivity contribution in [3.8, 4) is 61.3 Å². The van der Waals surface area contributed by atoms with Crippen LogP contribution in [-0.4, -0.2) is 11.3 Å². The van der Waals surface area contributed by atoms with Gasteiger partial charge in [-0.15, -0.1) is 0 Å². The molecule has 4 aliphatic rings. The molecule has 0 amide bonds. The molecule has 0 saturated heterocycles. The second-order valence-corrected chi connectivity index (χ2v) is 34.3. The van der Waals surface area contributed by atoms with E-state index in [1.165, 1.54) is 176 Å². The molecule has 494 valence electrons. The van der Waals surface area contributed by atoms with Gasteiger partial charge in [-0.25, -0.2) is 0 Å². The molecule has 0 radical (unpaired) electrons. The summed E-state index contributed by atoms with van der Waals surface area (Å²) in [5.74, 6) is 0. The molecule has 0 bridgehead atoms. The molecule has 2 aliphatic carbocycles. The molecule has 12 aromatic carbocycles. The van der Waals surface area contributed by atoms with E-state index in [1.54, 1.807) is 0 Å². The Morgan fingerprint density at radius 2 is 0.680 bits per heavy atom. The third kappa shape index (κ3) is 10.5. The van der Waals surface area contributed by atoms with Crippen molar-refractivity contribution < 1.29 is 0 Å². The molecular weight excluding hydrogens is 1210 g/mol. The molecule has 1 aromatic heterocycles. The van der Waals surface area contributed by atoms with Crippen LogP contribution in [0.1, 0.15) is 156 Å². The van der Waals surface area contributed by atoms with Gasteiger partial charge in [0.1, 0.15) is 0 Å². The van der Waals surface area contributed by atoms with Gasteiger partial charge in [-0.3, -0.25) is 0 Å². The number of hydrogen-bond acceptors (Lipinski definition) is 2. The number of hydrogen-bond donors (Lipinski definition) is 0. The summed E-state index contributed by atoms with van der Waals surface area (Å²) in [5, 5.41) is 2.47. The number of para-hydroxylation sites is 1. The SMILES string of the molecule is CC(C)(C)c1ccc(-c2cc3c4c(c2)N(c2ccc(-c5ccc6c(c5)C(C)(C)CCC6(C)C)cc2)c2cc(-n5c6ccccc6c6cc(-c7ccccc7)ccc65)ccc2B4c2ccc(-c4cccc(C(C)(C)C)c4)cc2N3c2ccc(-c3ccc4c(c3)C(C)(C)CCC4(C)C)cc2)cc1. The Labute approximate surface area is 594 Å². The second kappa shape index (κ2) is 22.8. The second-order valence-electron chi connectivity index (χ2n) is 34.3. The lowest BCUT2D eigenvalue weighted by atomic mass is 9.33. The molecule has 0 spiro atoms. The Morgan fingerprint density at radius 3 is 1.25 bits per heavy atom. The van der Waals surface area contributed by atoms with Gasteiger partial charge in [0.2, 0.25) is 0 Å². The highest BCUT2D eigenvalue weighted by Gasteiger charge is 2.45. The molecule has 0 N–H and O–H groups in total. The van der Waals surface area contributed by atoms with Crippen molar-refractivity contribution >= 4 is 79.0 Å². The van der Waals surface area contributed by atoms with E-state index in [9.17, 15) is 0 Å². The maximum atomic E-state index is 2.63. The molecule has 17 rings (SSSR count). The zero-order chi connectivity index (χ0) is 69.2. The first-order valence-corrected chi connectivity index (χ1v) is 36.7. The Hall–Kier alpha value is -9.90. The quantitative estimate of drug-likeness (QED) is 0.141. The van der Waals surface area contributed by atoms with Gasteiger partial charge in [0.15, 0.2) is 0 Å². The van der Waals surface area contributed by atoms with Crippen LogP contribution in [0, 0.1) is 0 Å². The predicted molar refractivity (Wildman–Crippen MR) is 430 cm³/mol. The molecule has 2 aliphatic heterocycles. The lowest BCUT2D eigenvalue weighted by Crippen LogP contribution is -2.61. The van der Waals surface area contributed by atoms with Crippen molar-refractivity contribution in [2.45, 2.75) is 155 Å². The third-order valence-corrected chi connectivity index (χ3v) is 23.9. The summed E-state index contributed by atoms with van der Waals surface area (Å²) in [6.45, 7) is 33.2. The predicted octanol–water partition coefficient (Wildman–Crippen LogP) is 24.5. The summed E-state index contributed by atoms with van der Waals surface area (Å²) in [5.41, 5.74) is 35.5. The minimum Gasteiger partial charge on any atom is -0.311 e. The normalized spacial score (nSPS) is 16.2. The van der Waals surface area contributed by atoms with Crippen LogP contribution < -0.4 is 26.2 Å². The van der Waals surface area contributed by atoms with E-state index in [-0.39, 0.29) is 39.2 Å². The standard InChI is InChI=1S/C96H92BN3/c1-91(2,3)71-37-27-64(28-38-71)70-58-88-90-89(59-70)99(74-41-31-63(32-42-74)68-34-45-79-81(56-68)96(13,14)52-50-94(79,9)10)87-60-75(100-84-26-19-18-25-76(84)77-54-66(36-48-85(77)100)61-21-16-15-17-22-61)43-47-83(87)97(90)82-46-35-69(65-23-20-24-72(53-65)92(4,5)6)57-86(82)98(88)73-39-29-62(30-40-73)67-33-44-78-80(55-67)95(11,12)51-49-93(78,7)8/h15-48,53-60H,49-52H2,1-14H3. The van der Waals surface area contributed by atoms with E-state index in [4.69, 9.17) is 0 Å². The highest BCUT2D eigenvalue weighted by Crippen LogP contribution is 2.52. The maximum Gasteiger partial charge on any atom is 0.252 e. The van der Waals surface area contributed by atoms with Crippen molar-refractivity contribution in [1.82, 2.24) is 4.57 Å². The molecule has 0 saturated carbocycles. The molecule has 0 unspecified atom stereocenters. The van der Waals surface area contributed by atoms with E-state index in [1.807, 2.05) is 0 Å². The van der Waals surface area contributed by atoms with Crippen LogP contribution in [0.5, 0.6) is 0 Å².